The van der Waals surface area contributed by atoms with Crippen LogP contribution >= 0.6 is 0 Å². The zero-order chi connectivity index (χ0) is 21.4. The molecule has 5 heteroatoms. The molecule has 3 fully saturated rings. The molecule has 6 rings (SSSR count). The van der Waals surface area contributed by atoms with Crippen molar-refractivity contribution in [1.82, 2.24) is 9.80 Å². The molecule has 0 aliphatic carbocycles. The highest BCUT2D eigenvalue weighted by Gasteiger charge is 2.44. The lowest BCUT2D eigenvalue weighted by Crippen LogP contribution is -2.52. The van der Waals surface area contributed by atoms with Crippen LogP contribution in [0.1, 0.15) is 48.4 Å². The van der Waals surface area contributed by atoms with Crippen LogP contribution in [0.15, 0.2) is 48.5 Å². The molecule has 31 heavy (non-hydrogen) atoms. The molecule has 4 heterocycles. The molecule has 2 atom stereocenters. The number of hydrogen-bond acceptors (Lipinski definition) is 3. The summed E-state index contributed by atoms with van der Waals surface area (Å²) in [6.07, 6.45) is 4.66. The van der Waals surface area contributed by atoms with Crippen molar-refractivity contribution in [3.05, 3.63) is 71.0 Å². The highest BCUT2D eigenvalue weighted by molar-refractivity contribution is 5.82. The van der Waals surface area contributed by atoms with Gasteiger partial charge in [-0.05, 0) is 86.0 Å². The summed E-state index contributed by atoms with van der Waals surface area (Å²) in [5.74, 6) is -0.197. The first-order valence-corrected chi connectivity index (χ1v) is 11.5. The fourth-order valence-corrected chi connectivity index (χ4v) is 5.86. The monoisotopic (exact) mass is 422 g/mol. The quantitative estimate of drug-likeness (QED) is 0.724. The third-order valence-corrected chi connectivity index (χ3v) is 7.81. The summed E-state index contributed by atoms with van der Waals surface area (Å²) in [5.41, 5.74) is 3.56. The van der Waals surface area contributed by atoms with Gasteiger partial charge in [0, 0.05) is 13.7 Å². The first-order valence-electron chi connectivity index (χ1n) is 11.5. The van der Waals surface area contributed by atoms with Gasteiger partial charge in [0.05, 0.1) is 6.04 Å². The molecule has 3 saturated heterocycles. The first kappa shape index (κ1) is 20.7. The van der Waals surface area contributed by atoms with Crippen LogP contribution in [0.5, 0.6) is 0 Å². The number of benzene rings is 2. The van der Waals surface area contributed by atoms with Crippen LogP contribution in [0.25, 0.3) is 0 Å². The molecule has 2 aromatic rings. The molecule has 2 aromatic carbocycles. The third kappa shape index (κ3) is 3.90. The summed E-state index contributed by atoms with van der Waals surface area (Å²) in [4.78, 5) is 18.3. The van der Waals surface area contributed by atoms with E-state index < -0.39 is 6.10 Å². The van der Waals surface area contributed by atoms with Crippen LogP contribution in [0.4, 0.5) is 4.39 Å². The van der Waals surface area contributed by atoms with Crippen molar-refractivity contribution in [3.8, 4) is 0 Å². The van der Waals surface area contributed by atoms with Gasteiger partial charge < -0.3 is 14.5 Å². The van der Waals surface area contributed by atoms with E-state index in [1.165, 1.54) is 17.7 Å². The summed E-state index contributed by atoms with van der Waals surface area (Å²) in [6.45, 7) is 4.07. The molecule has 1 amide bonds. The lowest BCUT2D eigenvalue weighted by atomic mass is 9.68. The summed E-state index contributed by atoms with van der Waals surface area (Å²) in [7, 11) is 1.67. The van der Waals surface area contributed by atoms with Gasteiger partial charge in [-0.15, -0.1) is 0 Å². The van der Waals surface area contributed by atoms with Gasteiger partial charge in [-0.25, -0.2) is 4.39 Å². The van der Waals surface area contributed by atoms with Crippen molar-refractivity contribution in [1.29, 1.82) is 0 Å². The number of carbonyl (C=O) groups excluding carboxylic acids is 1. The summed E-state index contributed by atoms with van der Waals surface area (Å²) < 4.78 is 19.5. The highest BCUT2D eigenvalue weighted by atomic mass is 19.1. The molecule has 4 aliphatic heterocycles. The number of ether oxygens (including phenoxy) is 1. The van der Waals surface area contributed by atoms with E-state index in [0.29, 0.717) is 6.54 Å². The number of halogens is 1. The second-order valence-electron chi connectivity index (χ2n) is 9.45. The highest BCUT2D eigenvalue weighted by Crippen LogP contribution is 2.45. The molecule has 0 unspecified atom stereocenters. The maximum atomic E-state index is 13.9. The summed E-state index contributed by atoms with van der Waals surface area (Å²) in [5, 5.41) is 0. The molecule has 0 N–H and O–H groups in total. The van der Waals surface area contributed by atoms with Gasteiger partial charge in [0.1, 0.15) is 11.9 Å². The second kappa shape index (κ2) is 8.36. The average Bonchev–Trinajstić information content (AvgIpc) is 2.83. The predicted octanol–water partition coefficient (Wildman–Crippen LogP) is 4.19. The minimum absolute atomic E-state index is 0.0636. The fourth-order valence-electron chi connectivity index (χ4n) is 5.86. The standard InChI is InChI=1S/C26H31FN2O2/c1-31-23(18-26-11-15-28(16-12-26)17-13-26)25(30)29-14-10-19-4-2-3-5-22(19)24(29)20-6-8-21(27)9-7-20/h2-9,23-24H,10-18H2,1H3/t23-,24-/m0/s1. The van der Waals surface area contributed by atoms with Gasteiger partial charge in [-0.1, -0.05) is 36.4 Å². The van der Waals surface area contributed by atoms with Gasteiger partial charge in [-0.2, -0.15) is 0 Å². The van der Waals surface area contributed by atoms with Crippen molar-refractivity contribution in [2.75, 3.05) is 33.3 Å². The number of hydrogen-bond donors (Lipinski definition) is 0. The van der Waals surface area contributed by atoms with Crippen LogP contribution in [-0.2, 0) is 16.0 Å². The molecular formula is C26H31FN2O2. The SMILES string of the molecule is CO[C@@H](CC12CCN(CC1)CC2)C(=O)N1CCc2ccccc2[C@@H]1c1ccc(F)cc1. The summed E-state index contributed by atoms with van der Waals surface area (Å²) in [6, 6.07) is 14.7. The van der Waals surface area contributed by atoms with Crippen molar-refractivity contribution in [3.63, 3.8) is 0 Å². The Morgan fingerprint density at radius 1 is 1.06 bits per heavy atom. The van der Waals surface area contributed by atoms with Crippen LogP contribution in [0.3, 0.4) is 0 Å². The minimum Gasteiger partial charge on any atom is -0.372 e. The first-order chi connectivity index (χ1) is 15.1. The van der Waals surface area contributed by atoms with Crippen molar-refractivity contribution >= 4 is 5.91 Å². The maximum Gasteiger partial charge on any atom is 0.252 e. The Balaban J connectivity index is 1.45. The lowest BCUT2D eigenvalue weighted by Gasteiger charge is -2.50. The molecule has 4 nitrogen and oxygen atoms in total. The molecule has 0 radical (unpaired) electrons. The normalized spacial score (nSPS) is 28.3. The number of amides is 1. The van der Waals surface area contributed by atoms with Crippen LogP contribution in [-0.4, -0.2) is 55.1 Å². The Labute approximate surface area is 184 Å². The van der Waals surface area contributed by atoms with E-state index in [1.54, 1.807) is 19.2 Å². The summed E-state index contributed by atoms with van der Waals surface area (Å²) >= 11 is 0. The van der Waals surface area contributed by atoms with Crippen LogP contribution < -0.4 is 0 Å². The number of rotatable bonds is 5. The van der Waals surface area contributed by atoms with Gasteiger partial charge in [-0.3, -0.25) is 4.79 Å². The van der Waals surface area contributed by atoms with E-state index in [4.69, 9.17) is 4.74 Å². The maximum absolute atomic E-state index is 13.9. The largest absolute Gasteiger partial charge is 0.372 e. The Morgan fingerprint density at radius 3 is 2.42 bits per heavy atom. The Bertz CT molecular complexity index is 923. The zero-order valence-corrected chi connectivity index (χ0v) is 18.2. The van der Waals surface area contributed by atoms with Crippen molar-refractivity contribution < 1.29 is 13.9 Å². The topological polar surface area (TPSA) is 32.8 Å². The molecule has 4 aliphatic rings. The fraction of sp³-hybridized carbons (Fsp3) is 0.500. The van der Waals surface area contributed by atoms with E-state index in [9.17, 15) is 9.18 Å². The second-order valence-corrected chi connectivity index (χ2v) is 9.45. The zero-order valence-electron chi connectivity index (χ0n) is 18.2. The molecule has 0 spiro atoms. The Hall–Kier alpha value is -2.24. The number of nitrogens with zero attached hydrogens (tertiary/aromatic N) is 2. The number of fused-ring (bicyclic) bond motifs is 4. The Morgan fingerprint density at radius 2 is 1.74 bits per heavy atom. The van der Waals surface area contributed by atoms with E-state index in [-0.39, 0.29) is 23.2 Å². The average molecular weight is 423 g/mol. The van der Waals surface area contributed by atoms with Crippen LogP contribution in [0, 0.1) is 11.2 Å². The van der Waals surface area contributed by atoms with Gasteiger partial charge in [0.2, 0.25) is 0 Å². The minimum atomic E-state index is -0.433. The van der Waals surface area contributed by atoms with Crippen molar-refractivity contribution in [2.24, 2.45) is 5.41 Å². The molecular weight excluding hydrogens is 391 g/mol. The predicted molar refractivity (Wildman–Crippen MR) is 118 cm³/mol. The molecule has 0 aromatic heterocycles. The van der Waals surface area contributed by atoms with Crippen LogP contribution in [0.2, 0.25) is 0 Å². The van der Waals surface area contributed by atoms with E-state index >= 15 is 0 Å². The van der Waals surface area contributed by atoms with E-state index in [0.717, 1.165) is 62.9 Å². The Kier molecular flexibility index (Phi) is 5.57. The van der Waals surface area contributed by atoms with E-state index in [2.05, 4.69) is 17.0 Å². The number of methoxy groups -OCH3 is 1. The lowest BCUT2D eigenvalue weighted by molar-refractivity contribution is -0.148. The smallest absolute Gasteiger partial charge is 0.252 e. The number of carbonyl (C=O) groups is 1. The van der Waals surface area contributed by atoms with Crippen molar-refractivity contribution in [2.45, 2.75) is 44.2 Å². The van der Waals surface area contributed by atoms with Gasteiger partial charge in [0.25, 0.3) is 5.91 Å². The number of piperidine rings is 3. The molecule has 0 saturated carbocycles. The molecule has 2 bridgehead atoms. The van der Waals surface area contributed by atoms with Gasteiger partial charge in [0.15, 0.2) is 0 Å². The van der Waals surface area contributed by atoms with Gasteiger partial charge >= 0.3 is 0 Å². The van der Waals surface area contributed by atoms with E-state index in [1.807, 2.05) is 17.0 Å². The third-order valence-electron chi connectivity index (χ3n) is 7.81. The molecule has 164 valence electrons.